The number of halogens is 3. The molecule has 4 N–H and O–H groups in total. The lowest BCUT2D eigenvalue weighted by Gasteiger charge is -2.21. The molecule has 0 saturated heterocycles. The number of rotatable bonds is 4. The van der Waals surface area contributed by atoms with Crippen molar-refractivity contribution in [3.05, 3.63) is 0 Å². The maximum absolute atomic E-state index is 12.3. The number of nitrogens with zero attached hydrogens (tertiary/aromatic N) is 2. The molecule has 0 bridgehead atoms. The Bertz CT molecular complexity index is 204. The quantitative estimate of drug-likeness (QED) is 0.266. The summed E-state index contributed by atoms with van der Waals surface area (Å²) in [6.45, 7) is -0.466. The highest BCUT2D eigenvalue weighted by Gasteiger charge is 2.42. The van der Waals surface area contributed by atoms with E-state index in [2.05, 4.69) is 10.6 Å². The maximum Gasteiger partial charge on any atom is 0.400 e. The van der Waals surface area contributed by atoms with Gasteiger partial charge in [-0.05, 0) is 0 Å². The van der Waals surface area contributed by atoms with E-state index in [0.29, 0.717) is 0 Å². The molecular formula is C6H13F3N4O. The Morgan fingerprint density at radius 2 is 2.07 bits per heavy atom. The van der Waals surface area contributed by atoms with Gasteiger partial charge in [0, 0.05) is 20.6 Å². The summed E-state index contributed by atoms with van der Waals surface area (Å²) in [5, 5.41) is 11.9. The van der Waals surface area contributed by atoms with Gasteiger partial charge in [0.15, 0.2) is 5.84 Å². The molecule has 1 unspecified atom stereocenters. The molecule has 0 rings (SSSR count). The van der Waals surface area contributed by atoms with Crippen LogP contribution in [0.25, 0.3) is 0 Å². The molecule has 0 heterocycles. The van der Waals surface area contributed by atoms with Crippen LogP contribution in [-0.2, 0) is 0 Å². The van der Waals surface area contributed by atoms with Gasteiger partial charge < -0.3 is 10.9 Å². The third kappa shape index (κ3) is 4.28. The van der Waals surface area contributed by atoms with E-state index in [9.17, 15) is 13.2 Å². The first kappa shape index (κ1) is 13.0. The summed E-state index contributed by atoms with van der Waals surface area (Å²) in [5.74, 6) is -2.85. The Hall–Kier alpha value is -1.02. The van der Waals surface area contributed by atoms with Crippen LogP contribution in [0, 0.1) is 5.92 Å². The van der Waals surface area contributed by atoms with Crippen molar-refractivity contribution in [3.8, 4) is 0 Å². The Morgan fingerprint density at radius 3 is 2.36 bits per heavy atom. The zero-order valence-corrected chi connectivity index (χ0v) is 7.84. The normalized spacial score (nSPS) is 16.0. The molecule has 0 spiro atoms. The number of hydrogen-bond acceptors (Lipinski definition) is 4. The summed E-state index contributed by atoms with van der Waals surface area (Å²) in [4.78, 5) is 0. The number of nitrogens with one attached hydrogen (secondary N) is 1. The van der Waals surface area contributed by atoms with Gasteiger partial charge in [-0.15, -0.1) is 0 Å². The molecule has 0 saturated carbocycles. The number of amidine groups is 1. The molecule has 1 atom stereocenters. The third-order valence-corrected chi connectivity index (χ3v) is 1.48. The minimum Gasteiger partial charge on any atom is -0.409 e. The van der Waals surface area contributed by atoms with Crippen molar-refractivity contribution in [2.24, 2.45) is 16.8 Å². The van der Waals surface area contributed by atoms with E-state index in [1.807, 2.05) is 0 Å². The van der Waals surface area contributed by atoms with Crippen LogP contribution in [-0.4, -0.2) is 42.9 Å². The summed E-state index contributed by atoms with van der Waals surface area (Å²) < 4.78 is 36.8. The Morgan fingerprint density at radius 1 is 1.57 bits per heavy atom. The fourth-order valence-electron chi connectivity index (χ4n) is 0.732. The predicted octanol–water partition coefficient (Wildman–Crippen LogP) is -0.0225. The molecule has 0 aromatic carbocycles. The third-order valence-electron chi connectivity index (χ3n) is 1.48. The van der Waals surface area contributed by atoms with Crippen molar-refractivity contribution in [1.82, 2.24) is 10.4 Å². The van der Waals surface area contributed by atoms with Crippen molar-refractivity contribution in [1.29, 1.82) is 0 Å². The van der Waals surface area contributed by atoms with E-state index in [-0.39, 0.29) is 0 Å². The van der Waals surface area contributed by atoms with E-state index >= 15 is 0 Å². The Kier molecular flexibility index (Phi) is 4.64. The summed E-state index contributed by atoms with van der Waals surface area (Å²) in [5.41, 5.74) is 7.32. The van der Waals surface area contributed by atoms with Crippen molar-refractivity contribution in [3.63, 3.8) is 0 Å². The van der Waals surface area contributed by atoms with Crippen LogP contribution >= 0.6 is 0 Å². The van der Waals surface area contributed by atoms with Crippen molar-refractivity contribution >= 4 is 5.84 Å². The highest BCUT2D eigenvalue weighted by molar-refractivity contribution is 5.83. The number of hydrazine groups is 1. The lowest BCUT2D eigenvalue weighted by molar-refractivity contribution is -0.156. The largest absolute Gasteiger partial charge is 0.409 e. The van der Waals surface area contributed by atoms with Crippen molar-refractivity contribution < 1.29 is 18.4 Å². The van der Waals surface area contributed by atoms with Gasteiger partial charge in [0.2, 0.25) is 0 Å². The first-order valence-corrected chi connectivity index (χ1v) is 3.74. The number of hydrogen-bond donors (Lipinski definition) is 3. The lowest BCUT2D eigenvalue weighted by Crippen LogP contribution is -2.46. The van der Waals surface area contributed by atoms with Crippen LogP contribution in [0.4, 0.5) is 13.2 Å². The van der Waals surface area contributed by atoms with Gasteiger partial charge in [-0.1, -0.05) is 5.16 Å². The van der Waals surface area contributed by atoms with E-state index in [4.69, 9.17) is 10.9 Å². The summed E-state index contributed by atoms with van der Waals surface area (Å²) in [6.07, 6.45) is -4.53. The number of nitrogens with two attached hydrogens (primary N) is 1. The van der Waals surface area contributed by atoms with Crippen LogP contribution in [0.1, 0.15) is 0 Å². The first-order valence-electron chi connectivity index (χ1n) is 3.74. The van der Waals surface area contributed by atoms with Crippen molar-refractivity contribution in [2.75, 3.05) is 20.6 Å². The van der Waals surface area contributed by atoms with Gasteiger partial charge in [-0.2, -0.15) is 13.2 Å². The topological polar surface area (TPSA) is 73.9 Å². The van der Waals surface area contributed by atoms with E-state index in [1.165, 1.54) is 5.01 Å². The Balaban J connectivity index is 4.43. The number of oxime groups is 1. The molecular weight excluding hydrogens is 201 g/mol. The first-order chi connectivity index (χ1) is 6.29. The molecule has 0 aliphatic heterocycles. The smallest absolute Gasteiger partial charge is 0.400 e. The fraction of sp³-hybridized carbons (Fsp3) is 0.833. The van der Waals surface area contributed by atoms with Gasteiger partial charge in [-0.25, -0.2) is 0 Å². The molecule has 8 heteroatoms. The SMILES string of the molecule is CN(C)NCC(C(N)=NO)C(F)(F)F. The average Bonchev–Trinajstić information content (AvgIpc) is 2.01. The zero-order valence-electron chi connectivity index (χ0n) is 7.84. The number of alkyl halides is 3. The Labute approximate surface area is 79.3 Å². The van der Waals surface area contributed by atoms with Gasteiger partial charge in [-0.3, -0.25) is 10.4 Å². The van der Waals surface area contributed by atoms with Crippen LogP contribution in [0.15, 0.2) is 5.16 Å². The van der Waals surface area contributed by atoms with Gasteiger partial charge in [0.05, 0.1) is 0 Å². The molecule has 0 aliphatic carbocycles. The molecule has 0 fully saturated rings. The van der Waals surface area contributed by atoms with Gasteiger partial charge >= 0.3 is 6.18 Å². The molecule has 0 aromatic heterocycles. The molecule has 0 amide bonds. The van der Waals surface area contributed by atoms with Crippen LogP contribution in [0.5, 0.6) is 0 Å². The second-order valence-electron chi connectivity index (χ2n) is 2.88. The molecule has 0 radical (unpaired) electrons. The minimum absolute atomic E-state index is 0.466. The van der Waals surface area contributed by atoms with Crippen LogP contribution in [0.2, 0.25) is 0 Å². The highest BCUT2D eigenvalue weighted by atomic mass is 19.4. The molecule has 14 heavy (non-hydrogen) atoms. The van der Waals surface area contributed by atoms with Crippen LogP contribution < -0.4 is 11.2 Å². The van der Waals surface area contributed by atoms with Gasteiger partial charge in [0.1, 0.15) is 5.92 Å². The zero-order chi connectivity index (χ0) is 11.4. The van der Waals surface area contributed by atoms with E-state index in [1.54, 1.807) is 14.1 Å². The molecule has 5 nitrogen and oxygen atoms in total. The lowest BCUT2D eigenvalue weighted by atomic mass is 10.1. The standard InChI is InChI=1S/C6H13F3N4O/c1-13(2)11-3-4(5(10)12-14)6(7,8)9/h4,11,14H,3H2,1-2H3,(H2,10,12). The summed E-state index contributed by atoms with van der Waals surface area (Å²) in [7, 11) is 3.08. The highest BCUT2D eigenvalue weighted by Crippen LogP contribution is 2.25. The molecule has 84 valence electrons. The predicted molar refractivity (Wildman–Crippen MR) is 44.6 cm³/mol. The molecule has 0 aliphatic rings. The summed E-state index contributed by atoms with van der Waals surface area (Å²) in [6, 6.07) is 0. The van der Waals surface area contributed by atoms with E-state index < -0.39 is 24.5 Å². The molecule has 0 aromatic rings. The van der Waals surface area contributed by atoms with Crippen molar-refractivity contribution in [2.45, 2.75) is 6.18 Å². The van der Waals surface area contributed by atoms with Crippen LogP contribution in [0.3, 0.4) is 0 Å². The maximum atomic E-state index is 12.3. The second kappa shape index (κ2) is 5.01. The van der Waals surface area contributed by atoms with E-state index in [0.717, 1.165) is 0 Å². The monoisotopic (exact) mass is 214 g/mol. The van der Waals surface area contributed by atoms with Gasteiger partial charge in [0.25, 0.3) is 0 Å². The fourth-order valence-corrected chi connectivity index (χ4v) is 0.732. The minimum atomic E-state index is -4.53. The average molecular weight is 214 g/mol. The summed E-state index contributed by atoms with van der Waals surface area (Å²) >= 11 is 0. The second-order valence-corrected chi connectivity index (χ2v) is 2.88.